The maximum atomic E-state index is 12.5. The fourth-order valence-corrected chi connectivity index (χ4v) is 3.89. The summed E-state index contributed by atoms with van der Waals surface area (Å²) in [5, 5.41) is 0. The highest BCUT2D eigenvalue weighted by Gasteiger charge is 2.16. The predicted octanol–water partition coefficient (Wildman–Crippen LogP) is 2.67. The van der Waals surface area contributed by atoms with Gasteiger partial charge in [0.2, 0.25) is 10.0 Å². The molecule has 1 heterocycles. The van der Waals surface area contributed by atoms with Crippen molar-refractivity contribution in [2.45, 2.75) is 25.3 Å². The topological polar surface area (TPSA) is 64.0 Å². The molecule has 0 fully saturated rings. The number of aromatic nitrogens is 2. The van der Waals surface area contributed by atoms with E-state index in [-0.39, 0.29) is 6.54 Å². The summed E-state index contributed by atoms with van der Waals surface area (Å²) in [5.74, 6) is 0. The average Bonchev–Trinajstić information content (AvgIpc) is 2.88. The van der Waals surface area contributed by atoms with E-state index in [0.29, 0.717) is 4.90 Å². The molecule has 6 heteroatoms. The lowest BCUT2D eigenvalue weighted by Gasteiger charge is -2.10. The second kappa shape index (κ2) is 5.79. The van der Waals surface area contributed by atoms with Crippen molar-refractivity contribution in [3.05, 3.63) is 59.4 Å². The summed E-state index contributed by atoms with van der Waals surface area (Å²) in [6.45, 7) is 3.92. The van der Waals surface area contributed by atoms with Crippen LogP contribution in [0.2, 0.25) is 0 Å². The fraction of sp³-hybridized carbons (Fsp3) is 0.235. The third-order valence-corrected chi connectivity index (χ3v) is 5.43. The third kappa shape index (κ3) is 3.13. The molecule has 1 N–H and O–H groups in total. The Labute approximate surface area is 136 Å². The minimum absolute atomic E-state index is 0.238. The number of fused-ring (bicyclic) bond motifs is 1. The van der Waals surface area contributed by atoms with Crippen LogP contribution in [0.15, 0.2) is 47.6 Å². The Morgan fingerprint density at radius 1 is 1.13 bits per heavy atom. The second-order valence-corrected chi connectivity index (χ2v) is 7.51. The van der Waals surface area contributed by atoms with E-state index >= 15 is 0 Å². The second-order valence-electron chi connectivity index (χ2n) is 5.77. The zero-order valence-corrected chi connectivity index (χ0v) is 14.2. The van der Waals surface area contributed by atoms with Gasteiger partial charge in [0.25, 0.3) is 0 Å². The molecule has 0 aliphatic rings. The smallest absolute Gasteiger partial charge is 0.241 e. The summed E-state index contributed by atoms with van der Waals surface area (Å²) in [5.41, 5.74) is 4.42. The lowest BCUT2D eigenvalue weighted by Crippen LogP contribution is -2.24. The van der Waals surface area contributed by atoms with Crippen LogP contribution < -0.4 is 4.72 Å². The number of sulfonamides is 1. The van der Waals surface area contributed by atoms with Crippen LogP contribution in [-0.4, -0.2) is 18.0 Å². The van der Waals surface area contributed by atoms with Gasteiger partial charge in [0, 0.05) is 13.6 Å². The van der Waals surface area contributed by atoms with Crippen LogP contribution in [0.25, 0.3) is 11.0 Å². The van der Waals surface area contributed by atoms with Crippen molar-refractivity contribution in [1.29, 1.82) is 0 Å². The Kier molecular flexibility index (Phi) is 3.95. The number of nitrogens with zero attached hydrogens (tertiary/aromatic N) is 2. The highest BCUT2D eigenvalue weighted by atomic mass is 32.2. The fourth-order valence-electron chi connectivity index (χ4n) is 2.54. The first-order valence-corrected chi connectivity index (χ1v) is 8.82. The molecule has 23 heavy (non-hydrogen) atoms. The molecule has 0 aliphatic carbocycles. The molecule has 0 radical (unpaired) electrons. The third-order valence-electron chi connectivity index (χ3n) is 3.89. The van der Waals surface area contributed by atoms with Crippen LogP contribution in [0.4, 0.5) is 0 Å². The summed E-state index contributed by atoms with van der Waals surface area (Å²) in [4.78, 5) is 4.62. The zero-order chi connectivity index (χ0) is 16.6. The van der Waals surface area contributed by atoms with Crippen LogP contribution in [0.5, 0.6) is 0 Å². The Morgan fingerprint density at radius 2 is 1.91 bits per heavy atom. The molecule has 0 saturated carbocycles. The van der Waals surface area contributed by atoms with Crippen LogP contribution >= 0.6 is 0 Å². The number of benzene rings is 2. The van der Waals surface area contributed by atoms with E-state index in [1.54, 1.807) is 19.3 Å². The number of hydrogen-bond acceptors (Lipinski definition) is 3. The first-order chi connectivity index (χ1) is 10.9. The van der Waals surface area contributed by atoms with Gasteiger partial charge < -0.3 is 4.57 Å². The van der Waals surface area contributed by atoms with Gasteiger partial charge in [0.1, 0.15) is 0 Å². The quantitative estimate of drug-likeness (QED) is 0.800. The molecule has 0 unspecified atom stereocenters. The van der Waals surface area contributed by atoms with Crippen LogP contribution in [0.3, 0.4) is 0 Å². The van der Waals surface area contributed by atoms with E-state index in [9.17, 15) is 8.42 Å². The molecule has 3 rings (SSSR count). The number of nitrogens with one attached hydrogen (secondary N) is 1. The van der Waals surface area contributed by atoms with E-state index in [1.165, 1.54) is 0 Å². The minimum atomic E-state index is -3.54. The Morgan fingerprint density at radius 3 is 2.70 bits per heavy atom. The minimum Gasteiger partial charge on any atom is -0.334 e. The number of rotatable bonds is 4. The molecule has 0 amide bonds. The predicted molar refractivity (Wildman–Crippen MR) is 90.7 cm³/mol. The van der Waals surface area contributed by atoms with Crippen molar-refractivity contribution in [3.8, 4) is 0 Å². The lowest BCUT2D eigenvalue weighted by molar-refractivity contribution is 0.580. The molecule has 0 saturated heterocycles. The Bertz CT molecular complexity index is 975. The van der Waals surface area contributed by atoms with Gasteiger partial charge in [0.15, 0.2) is 0 Å². The van der Waals surface area contributed by atoms with Gasteiger partial charge in [-0.1, -0.05) is 18.2 Å². The molecular formula is C17H19N3O2S. The Hall–Kier alpha value is -2.18. The number of aryl methyl sites for hydroxylation is 3. The van der Waals surface area contributed by atoms with Gasteiger partial charge in [-0.05, 0) is 48.7 Å². The van der Waals surface area contributed by atoms with Crippen molar-refractivity contribution in [2.24, 2.45) is 7.05 Å². The lowest BCUT2D eigenvalue weighted by atomic mass is 10.2. The molecule has 0 spiro atoms. The van der Waals surface area contributed by atoms with Gasteiger partial charge in [-0.3, -0.25) is 0 Å². The number of hydrogen-bond donors (Lipinski definition) is 1. The summed E-state index contributed by atoms with van der Waals surface area (Å²) in [7, 11) is -1.61. The largest absolute Gasteiger partial charge is 0.334 e. The van der Waals surface area contributed by atoms with E-state index in [2.05, 4.69) is 9.71 Å². The van der Waals surface area contributed by atoms with Gasteiger partial charge in [-0.2, -0.15) is 0 Å². The Balaban J connectivity index is 1.84. The number of imidazole rings is 1. The van der Waals surface area contributed by atoms with Crippen LogP contribution in [-0.2, 0) is 23.6 Å². The average molecular weight is 329 g/mol. The van der Waals surface area contributed by atoms with Crippen LogP contribution in [0.1, 0.15) is 16.7 Å². The highest BCUT2D eigenvalue weighted by molar-refractivity contribution is 7.89. The molecule has 3 aromatic rings. The van der Waals surface area contributed by atoms with E-state index in [4.69, 9.17) is 0 Å². The molecular weight excluding hydrogens is 310 g/mol. The maximum absolute atomic E-state index is 12.5. The molecule has 2 aromatic carbocycles. The standard InChI is InChI=1S/C17H19N3O2S/c1-12-4-5-13(2)17(8-12)23(21,22)19-10-14-6-7-16-15(9-14)18-11-20(16)3/h4-9,11,19H,10H2,1-3H3. The van der Waals surface area contributed by atoms with E-state index in [1.807, 2.05) is 48.9 Å². The van der Waals surface area contributed by atoms with Crippen molar-refractivity contribution in [1.82, 2.24) is 14.3 Å². The van der Waals surface area contributed by atoms with E-state index < -0.39 is 10.0 Å². The first-order valence-electron chi connectivity index (χ1n) is 7.34. The van der Waals surface area contributed by atoms with Gasteiger partial charge in [0.05, 0.1) is 22.3 Å². The first kappa shape index (κ1) is 15.7. The van der Waals surface area contributed by atoms with Gasteiger partial charge in [-0.25, -0.2) is 18.1 Å². The summed E-state index contributed by atoms with van der Waals surface area (Å²) in [6.07, 6.45) is 1.74. The van der Waals surface area contributed by atoms with Gasteiger partial charge >= 0.3 is 0 Å². The summed E-state index contributed by atoms with van der Waals surface area (Å²) < 4.78 is 29.6. The van der Waals surface area contributed by atoms with Crippen molar-refractivity contribution < 1.29 is 8.42 Å². The summed E-state index contributed by atoms with van der Waals surface area (Å²) >= 11 is 0. The monoisotopic (exact) mass is 329 g/mol. The summed E-state index contributed by atoms with van der Waals surface area (Å²) in [6, 6.07) is 11.2. The normalized spacial score (nSPS) is 12.0. The zero-order valence-electron chi connectivity index (χ0n) is 13.4. The molecule has 0 aliphatic heterocycles. The highest BCUT2D eigenvalue weighted by Crippen LogP contribution is 2.18. The SMILES string of the molecule is Cc1ccc(C)c(S(=O)(=O)NCc2ccc3c(c2)ncn3C)c1. The maximum Gasteiger partial charge on any atom is 0.241 e. The van der Waals surface area contributed by atoms with Crippen molar-refractivity contribution >= 4 is 21.1 Å². The van der Waals surface area contributed by atoms with E-state index in [0.717, 1.165) is 27.7 Å². The molecule has 5 nitrogen and oxygen atoms in total. The molecule has 120 valence electrons. The molecule has 0 bridgehead atoms. The van der Waals surface area contributed by atoms with Crippen molar-refractivity contribution in [3.63, 3.8) is 0 Å². The molecule has 0 atom stereocenters. The van der Waals surface area contributed by atoms with Crippen molar-refractivity contribution in [2.75, 3.05) is 0 Å². The van der Waals surface area contributed by atoms with Gasteiger partial charge in [-0.15, -0.1) is 0 Å². The van der Waals surface area contributed by atoms with Crippen LogP contribution in [0, 0.1) is 13.8 Å². The molecule has 1 aromatic heterocycles.